The maximum absolute atomic E-state index is 11.8. The van der Waals surface area contributed by atoms with Crippen LogP contribution in [0.5, 0.6) is 5.75 Å². The number of amides is 1. The predicted molar refractivity (Wildman–Crippen MR) is 85.8 cm³/mol. The topological polar surface area (TPSA) is 64.3 Å². The smallest absolute Gasteiger partial charge is 0.227 e. The van der Waals surface area contributed by atoms with Crippen molar-refractivity contribution in [2.45, 2.75) is 13.3 Å². The van der Waals surface area contributed by atoms with E-state index >= 15 is 0 Å². The highest BCUT2D eigenvalue weighted by Gasteiger charge is 2.05. The third-order valence-electron chi connectivity index (χ3n) is 2.96. The van der Waals surface area contributed by atoms with Crippen LogP contribution in [0.3, 0.4) is 0 Å². The molecule has 0 radical (unpaired) electrons. The van der Waals surface area contributed by atoms with Crippen molar-refractivity contribution in [3.8, 4) is 5.75 Å². The molecule has 0 heterocycles. The van der Waals surface area contributed by atoms with Gasteiger partial charge in [0.05, 0.1) is 24.4 Å². The molecule has 4 nitrogen and oxygen atoms in total. The van der Waals surface area contributed by atoms with Crippen molar-refractivity contribution in [1.29, 1.82) is 0 Å². The SMILES string of the molecule is Cc1cc(OCCC(=O)Nc2ccccc2N)ccc1Cl. The lowest BCUT2D eigenvalue weighted by atomic mass is 10.2. The lowest BCUT2D eigenvalue weighted by molar-refractivity contribution is -0.116. The van der Waals surface area contributed by atoms with Gasteiger partial charge in [0.15, 0.2) is 0 Å². The average Bonchev–Trinajstić information content (AvgIpc) is 2.45. The third kappa shape index (κ3) is 4.39. The summed E-state index contributed by atoms with van der Waals surface area (Å²) in [6.45, 7) is 2.19. The number of anilines is 2. The number of ether oxygens (including phenoxy) is 1. The van der Waals surface area contributed by atoms with Crippen LogP contribution in [-0.2, 0) is 4.79 Å². The first kappa shape index (κ1) is 15.2. The number of rotatable bonds is 5. The monoisotopic (exact) mass is 304 g/mol. The Morgan fingerprint density at radius 3 is 2.76 bits per heavy atom. The van der Waals surface area contributed by atoms with Crippen LogP contribution in [0, 0.1) is 6.92 Å². The highest BCUT2D eigenvalue weighted by atomic mass is 35.5. The molecule has 0 aliphatic carbocycles. The van der Waals surface area contributed by atoms with Crippen LogP contribution in [0.15, 0.2) is 42.5 Å². The first-order valence-electron chi connectivity index (χ1n) is 6.59. The highest BCUT2D eigenvalue weighted by Crippen LogP contribution is 2.21. The van der Waals surface area contributed by atoms with Gasteiger partial charge in [-0.3, -0.25) is 4.79 Å². The lowest BCUT2D eigenvalue weighted by Crippen LogP contribution is -2.16. The quantitative estimate of drug-likeness (QED) is 0.829. The fourth-order valence-electron chi connectivity index (χ4n) is 1.79. The molecule has 0 bridgehead atoms. The van der Waals surface area contributed by atoms with Gasteiger partial charge in [0.25, 0.3) is 0 Å². The van der Waals surface area contributed by atoms with Crippen LogP contribution >= 0.6 is 11.6 Å². The van der Waals surface area contributed by atoms with Gasteiger partial charge in [0.2, 0.25) is 5.91 Å². The van der Waals surface area contributed by atoms with Gasteiger partial charge in [-0.25, -0.2) is 0 Å². The molecule has 2 aromatic rings. The number of para-hydroxylation sites is 2. The van der Waals surface area contributed by atoms with E-state index in [1.807, 2.05) is 25.1 Å². The van der Waals surface area contributed by atoms with Gasteiger partial charge >= 0.3 is 0 Å². The summed E-state index contributed by atoms with van der Waals surface area (Å²) < 4.78 is 5.53. The van der Waals surface area contributed by atoms with Crippen molar-refractivity contribution in [1.82, 2.24) is 0 Å². The summed E-state index contributed by atoms with van der Waals surface area (Å²) in [6, 6.07) is 12.5. The van der Waals surface area contributed by atoms with Crippen LogP contribution in [0.25, 0.3) is 0 Å². The van der Waals surface area contributed by atoms with Crippen molar-refractivity contribution in [2.24, 2.45) is 0 Å². The fraction of sp³-hybridized carbons (Fsp3) is 0.188. The Bertz CT molecular complexity index is 644. The van der Waals surface area contributed by atoms with Crippen molar-refractivity contribution >= 4 is 28.9 Å². The van der Waals surface area contributed by atoms with Gasteiger partial charge in [-0.2, -0.15) is 0 Å². The molecule has 0 spiro atoms. The Hall–Kier alpha value is -2.20. The minimum Gasteiger partial charge on any atom is -0.493 e. The van der Waals surface area contributed by atoms with Crippen LogP contribution in [0.4, 0.5) is 11.4 Å². The maximum Gasteiger partial charge on any atom is 0.227 e. The van der Waals surface area contributed by atoms with Crippen LogP contribution in [0.1, 0.15) is 12.0 Å². The third-order valence-corrected chi connectivity index (χ3v) is 3.39. The van der Waals surface area contributed by atoms with E-state index in [4.69, 9.17) is 22.1 Å². The van der Waals surface area contributed by atoms with Crippen LogP contribution in [-0.4, -0.2) is 12.5 Å². The summed E-state index contributed by atoms with van der Waals surface area (Å²) in [7, 11) is 0. The summed E-state index contributed by atoms with van der Waals surface area (Å²) in [6.07, 6.45) is 0.246. The van der Waals surface area contributed by atoms with E-state index in [0.717, 1.165) is 5.56 Å². The maximum atomic E-state index is 11.8. The molecule has 0 saturated heterocycles. The highest BCUT2D eigenvalue weighted by molar-refractivity contribution is 6.31. The van der Waals surface area contributed by atoms with E-state index in [1.165, 1.54) is 0 Å². The van der Waals surface area contributed by atoms with Crippen molar-refractivity contribution in [3.63, 3.8) is 0 Å². The van der Waals surface area contributed by atoms with E-state index in [0.29, 0.717) is 28.8 Å². The summed E-state index contributed by atoms with van der Waals surface area (Å²) in [5.74, 6) is 0.558. The van der Waals surface area contributed by atoms with E-state index in [2.05, 4.69) is 5.32 Å². The number of halogens is 1. The van der Waals surface area contributed by atoms with Gasteiger partial charge in [0.1, 0.15) is 5.75 Å². The molecule has 21 heavy (non-hydrogen) atoms. The number of hydrogen-bond acceptors (Lipinski definition) is 3. The summed E-state index contributed by atoms with van der Waals surface area (Å²) in [5, 5.41) is 3.45. The zero-order valence-corrected chi connectivity index (χ0v) is 12.5. The molecular weight excluding hydrogens is 288 g/mol. The van der Waals surface area contributed by atoms with E-state index in [-0.39, 0.29) is 12.3 Å². The Morgan fingerprint density at radius 1 is 1.29 bits per heavy atom. The molecule has 5 heteroatoms. The molecule has 110 valence electrons. The number of hydrogen-bond donors (Lipinski definition) is 2. The molecule has 0 aromatic heterocycles. The minimum absolute atomic E-state index is 0.140. The van der Waals surface area contributed by atoms with Gasteiger partial charge in [0, 0.05) is 5.02 Å². The molecule has 0 atom stereocenters. The Balaban J connectivity index is 1.82. The molecule has 1 amide bonds. The number of carbonyl (C=O) groups is 1. The van der Waals surface area contributed by atoms with Gasteiger partial charge in [-0.05, 0) is 42.8 Å². The number of aryl methyl sites for hydroxylation is 1. The molecule has 2 rings (SSSR count). The molecule has 0 unspecified atom stereocenters. The van der Waals surface area contributed by atoms with E-state index in [9.17, 15) is 4.79 Å². The molecule has 3 N–H and O–H groups in total. The van der Waals surface area contributed by atoms with Gasteiger partial charge in [-0.15, -0.1) is 0 Å². The van der Waals surface area contributed by atoms with Crippen molar-refractivity contribution in [3.05, 3.63) is 53.1 Å². The van der Waals surface area contributed by atoms with E-state index in [1.54, 1.807) is 24.3 Å². The van der Waals surface area contributed by atoms with Gasteiger partial charge < -0.3 is 15.8 Å². The van der Waals surface area contributed by atoms with Crippen molar-refractivity contribution in [2.75, 3.05) is 17.7 Å². The first-order chi connectivity index (χ1) is 10.1. The number of nitrogen functional groups attached to an aromatic ring is 1. The minimum atomic E-state index is -0.140. The number of nitrogens with one attached hydrogen (secondary N) is 1. The van der Waals surface area contributed by atoms with E-state index < -0.39 is 0 Å². The summed E-state index contributed by atoms with van der Waals surface area (Å²) >= 11 is 5.94. The molecule has 2 aromatic carbocycles. The zero-order valence-electron chi connectivity index (χ0n) is 11.7. The largest absolute Gasteiger partial charge is 0.493 e. The normalized spacial score (nSPS) is 10.2. The van der Waals surface area contributed by atoms with Crippen LogP contribution < -0.4 is 15.8 Å². The Kier molecular flexibility index (Phi) is 5.06. The molecule has 0 aliphatic heterocycles. The zero-order chi connectivity index (χ0) is 15.2. The molecule has 0 aliphatic rings. The first-order valence-corrected chi connectivity index (χ1v) is 6.97. The van der Waals surface area contributed by atoms with Crippen molar-refractivity contribution < 1.29 is 9.53 Å². The fourth-order valence-corrected chi connectivity index (χ4v) is 1.91. The average molecular weight is 305 g/mol. The standard InChI is InChI=1S/C16H17ClN2O2/c1-11-10-12(6-7-13(11)17)21-9-8-16(20)19-15-5-3-2-4-14(15)18/h2-7,10H,8-9,18H2,1H3,(H,19,20). The second-order valence-corrected chi connectivity index (χ2v) is 5.05. The Labute approximate surface area is 128 Å². The molecule has 0 saturated carbocycles. The molecular formula is C16H17ClN2O2. The Morgan fingerprint density at radius 2 is 2.05 bits per heavy atom. The number of carbonyl (C=O) groups excluding carboxylic acids is 1. The lowest BCUT2D eigenvalue weighted by Gasteiger charge is -2.09. The second-order valence-electron chi connectivity index (χ2n) is 4.64. The summed E-state index contributed by atoms with van der Waals surface area (Å²) in [4.78, 5) is 11.8. The predicted octanol–water partition coefficient (Wildman–Crippen LogP) is 3.64. The summed E-state index contributed by atoms with van der Waals surface area (Å²) in [5.41, 5.74) is 7.86. The second kappa shape index (κ2) is 6.99. The molecule has 0 fully saturated rings. The number of benzene rings is 2. The van der Waals surface area contributed by atoms with Gasteiger partial charge in [-0.1, -0.05) is 23.7 Å². The van der Waals surface area contributed by atoms with Crippen LogP contribution in [0.2, 0.25) is 5.02 Å². The number of nitrogens with two attached hydrogens (primary N) is 1.